The number of amides is 1. The molecule has 1 aromatic carbocycles. The summed E-state index contributed by atoms with van der Waals surface area (Å²) < 4.78 is 1.65. The third-order valence-corrected chi connectivity index (χ3v) is 4.36. The van der Waals surface area contributed by atoms with E-state index in [0.717, 1.165) is 23.4 Å². The number of benzene rings is 1. The van der Waals surface area contributed by atoms with Crippen LogP contribution in [0, 0.1) is 5.92 Å². The van der Waals surface area contributed by atoms with Gasteiger partial charge in [0.2, 0.25) is 6.34 Å². The van der Waals surface area contributed by atoms with Gasteiger partial charge in [0.15, 0.2) is 0 Å². The molecule has 1 atom stereocenters. The minimum absolute atomic E-state index is 0.0488. The molecule has 0 fully saturated rings. The first kappa shape index (κ1) is 16.3. The number of hydrogen-bond acceptors (Lipinski definition) is 3. The summed E-state index contributed by atoms with van der Waals surface area (Å²) in [6.45, 7) is 6.88. The minimum atomic E-state index is -0.0488. The predicted molar refractivity (Wildman–Crippen MR) is 94.1 cm³/mol. The average molecular weight is 323 g/mol. The van der Waals surface area contributed by atoms with Gasteiger partial charge < -0.3 is 0 Å². The fourth-order valence-electron chi connectivity index (χ4n) is 3.39. The molecule has 5 heteroatoms. The van der Waals surface area contributed by atoms with Gasteiger partial charge in [0, 0.05) is 23.9 Å². The molecule has 0 saturated heterocycles. The second-order valence-corrected chi connectivity index (χ2v) is 6.35. The van der Waals surface area contributed by atoms with Gasteiger partial charge in [-0.2, -0.15) is 4.48 Å². The number of carbonyl (C=O) groups is 1. The Morgan fingerprint density at radius 3 is 2.58 bits per heavy atom. The van der Waals surface area contributed by atoms with Gasteiger partial charge in [0.1, 0.15) is 24.3 Å². The van der Waals surface area contributed by atoms with Crippen molar-refractivity contribution in [2.24, 2.45) is 10.9 Å². The molecule has 0 spiro atoms. The first-order valence-corrected chi connectivity index (χ1v) is 8.32. The molecule has 124 valence electrons. The maximum absolute atomic E-state index is 13.4. The van der Waals surface area contributed by atoms with E-state index in [1.807, 2.05) is 18.2 Å². The molecule has 0 bridgehead atoms. The van der Waals surface area contributed by atoms with Crippen LogP contribution in [0.4, 0.5) is 4.79 Å². The van der Waals surface area contributed by atoms with E-state index >= 15 is 0 Å². The van der Waals surface area contributed by atoms with Crippen molar-refractivity contribution < 1.29 is 9.28 Å². The Balaban J connectivity index is 2.13. The van der Waals surface area contributed by atoms with Crippen LogP contribution in [-0.2, 0) is 6.54 Å². The van der Waals surface area contributed by atoms with Crippen LogP contribution in [0.3, 0.4) is 0 Å². The van der Waals surface area contributed by atoms with Crippen LogP contribution >= 0.6 is 0 Å². The molecule has 0 aliphatic carbocycles. The number of rotatable bonds is 4. The van der Waals surface area contributed by atoms with Crippen molar-refractivity contribution in [3.05, 3.63) is 66.0 Å². The number of carbonyl (C=O) groups excluding carboxylic acids is 1. The highest BCUT2D eigenvalue weighted by Gasteiger charge is 2.47. The van der Waals surface area contributed by atoms with Crippen molar-refractivity contribution in [3.8, 4) is 0 Å². The summed E-state index contributed by atoms with van der Waals surface area (Å²) in [7, 11) is 0. The molecular weight excluding hydrogens is 300 g/mol. The van der Waals surface area contributed by atoms with Gasteiger partial charge in [-0.25, -0.2) is 19.3 Å². The predicted octanol–water partition coefficient (Wildman–Crippen LogP) is 4.19. The lowest BCUT2D eigenvalue weighted by Crippen LogP contribution is -2.51. The molecule has 24 heavy (non-hydrogen) atoms. The molecule has 1 aromatic heterocycles. The Hall–Kier alpha value is -2.53. The van der Waals surface area contributed by atoms with E-state index in [1.165, 1.54) is 0 Å². The Morgan fingerprint density at radius 2 is 2.00 bits per heavy atom. The maximum atomic E-state index is 13.4. The fourth-order valence-corrected chi connectivity index (χ4v) is 3.39. The molecule has 0 saturated carbocycles. The highest BCUT2D eigenvalue weighted by molar-refractivity contribution is 5.81. The zero-order valence-electron chi connectivity index (χ0n) is 14.4. The molecule has 1 unspecified atom stereocenters. The minimum Gasteiger partial charge on any atom is -0.245 e. The van der Waals surface area contributed by atoms with Crippen molar-refractivity contribution in [3.63, 3.8) is 0 Å². The molecule has 3 rings (SSSR count). The molecule has 1 aliphatic heterocycles. The Bertz CT molecular complexity index is 775. The van der Waals surface area contributed by atoms with Gasteiger partial charge in [-0.1, -0.05) is 51.1 Å². The second kappa shape index (κ2) is 6.53. The third-order valence-electron chi connectivity index (χ3n) is 4.36. The average Bonchev–Trinajstić information content (AvgIpc) is 3.23. The van der Waals surface area contributed by atoms with Crippen molar-refractivity contribution in [1.82, 2.24) is 9.55 Å². The van der Waals surface area contributed by atoms with Crippen LogP contribution in [-0.4, -0.2) is 26.4 Å². The summed E-state index contributed by atoms with van der Waals surface area (Å²) in [4.78, 5) is 22.0. The van der Waals surface area contributed by atoms with Crippen LogP contribution in [0.15, 0.2) is 65.4 Å². The summed E-state index contributed by atoms with van der Waals surface area (Å²) in [5.74, 6) is 0.221. The van der Waals surface area contributed by atoms with Crippen LogP contribution in [0.5, 0.6) is 0 Å². The molecule has 1 amide bonds. The molecule has 2 heterocycles. The van der Waals surface area contributed by atoms with Crippen LogP contribution in [0.2, 0.25) is 0 Å². The molecular formula is C19H23N4O+. The molecule has 0 radical (unpaired) electrons. The zero-order valence-corrected chi connectivity index (χ0v) is 14.4. The zero-order chi connectivity index (χ0) is 17.2. The standard InChI is InChI=1S/C19H23N4O/c1-4-17-18(15(2)3)23(14-21-17,12-16-8-6-5-7-9-16)19(24)22-11-10-20-13-22/h5-11,13-15H,4,12H2,1-3H3/q+1. The molecule has 1 aliphatic rings. The number of allylic oxidation sites excluding steroid dienone is 2. The smallest absolute Gasteiger partial charge is 0.245 e. The monoisotopic (exact) mass is 323 g/mol. The van der Waals surface area contributed by atoms with Crippen molar-refractivity contribution in [2.45, 2.75) is 33.7 Å². The summed E-state index contributed by atoms with van der Waals surface area (Å²) in [5.41, 5.74) is 3.18. The first-order valence-electron chi connectivity index (χ1n) is 8.32. The number of quaternary nitrogens is 1. The van der Waals surface area contributed by atoms with E-state index in [1.54, 1.807) is 29.6 Å². The number of aliphatic imine (C=N–C) groups is 1. The van der Waals surface area contributed by atoms with E-state index in [-0.39, 0.29) is 16.4 Å². The second-order valence-electron chi connectivity index (χ2n) is 6.35. The molecule has 5 nitrogen and oxygen atoms in total. The quantitative estimate of drug-likeness (QED) is 0.792. The Labute approximate surface area is 142 Å². The molecule has 2 aromatic rings. The highest BCUT2D eigenvalue weighted by atomic mass is 16.2. The third kappa shape index (κ3) is 2.71. The lowest BCUT2D eigenvalue weighted by Gasteiger charge is -2.31. The molecule has 0 N–H and O–H groups in total. The summed E-state index contributed by atoms with van der Waals surface area (Å²) in [6, 6.07) is 10.0. The number of nitrogens with zero attached hydrogens (tertiary/aromatic N) is 4. The fraction of sp³-hybridized carbons (Fsp3) is 0.316. The lowest BCUT2D eigenvalue weighted by atomic mass is 10.0. The van der Waals surface area contributed by atoms with E-state index in [4.69, 9.17) is 0 Å². The van der Waals surface area contributed by atoms with Gasteiger partial charge >= 0.3 is 6.03 Å². The van der Waals surface area contributed by atoms with Gasteiger partial charge in [-0.05, 0) is 6.42 Å². The van der Waals surface area contributed by atoms with E-state index in [2.05, 4.69) is 42.9 Å². The Kier molecular flexibility index (Phi) is 4.44. The van der Waals surface area contributed by atoms with Gasteiger partial charge in [-0.15, -0.1) is 0 Å². The lowest BCUT2D eigenvalue weighted by molar-refractivity contribution is -0.726. The topological polar surface area (TPSA) is 47.2 Å². The number of imidazole rings is 1. The van der Waals surface area contributed by atoms with E-state index in [0.29, 0.717) is 6.54 Å². The van der Waals surface area contributed by atoms with Crippen molar-refractivity contribution in [1.29, 1.82) is 0 Å². The summed E-state index contributed by atoms with van der Waals surface area (Å²) in [6.07, 6.45) is 7.50. The van der Waals surface area contributed by atoms with Crippen molar-refractivity contribution in [2.75, 3.05) is 0 Å². The highest BCUT2D eigenvalue weighted by Crippen LogP contribution is 2.36. The van der Waals surface area contributed by atoms with Gasteiger partial charge in [0.25, 0.3) is 0 Å². The SMILES string of the molecule is CCC1=C(C(C)C)[N+](Cc2ccccc2)(C(=O)n2ccnc2)C=N1. The van der Waals surface area contributed by atoms with Crippen LogP contribution in [0.25, 0.3) is 0 Å². The normalized spacial score (nSPS) is 20.2. The van der Waals surface area contributed by atoms with Crippen LogP contribution < -0.4 is 0 Å². The summed E-state index contributed by atoms with van der Waals surface area (Å²) >= 11 is 0. The summed E-state index contributed by atoms with van der Waals surface area (Å²) in [5, 5.41) is 0. The first-order chi connectivity index (χ1) is 11.6. The number of aromatic nitrogens is 2. The van der Waals surface area contributed by atoms with Crippen LogP contribution in [0.1, 0.15) is 32.8 Å². The van der Waals surface area contributed by atoms with Gasteiger partial charge in [0.05, 0.1) is 0 Å². The largest absolute Gasteiger partial charge is 0.439 e. The van der Waals surface area contributed by atoms with Crippen molar-refractivity contribution >= 4 is 12.4 Å². The Morgan fingerprint density at radius 1 is 1.25 bits per heavy atom. The van der Waals surface area contributed by atoms with E-state index < -0.39 is 0 Å². The number of hydrogen-bond donors (Lipinski definition) is 0. The maximum Gasteiger partial charge on any atom is 0.439 e. The van der Waals surface area contributed by atoms with E-state index in [9.17, 15) is 4.79 Å². The van der Waals surface area contributed by atoms with Gasteiger partial charge in [-0.3, -0.25) is 0 Å².